The monoisotopic (exact) mass is 624 g/mol. The second-order valence-corrected chi connectivity index (χ2v) is 11.8. The molecule has 1 aromatic heterocycles. The van der Waals surface area contributed by atoms with E-state index in [1.807, 2.05) is 59.2 Å². The van der Waals surface area contributed by atoms with Crippen molar-refractivity contribution in [1.29, 1.82) is 5.26 Å². The van der Waals surface area contributed by atoms with E-state index in [1.54, 1.807) is 30.9 Å². The number of nitriles is 1. The lowest BCUT2D eigenvalue weighted by Crippen LogP contribution is -2.41. The standard InChI is InChI=1S/C33H32N6O5S/c1-45-30(13-14-31(41)42)36-29(40)15-28-32(43)39(20-26-17-35-21-37(26)18-23-11-9-22(16-34)10-12-23)33(44)38(28)19-25-7-4-6-24-5-2-3-8-27(24)25/h2-12,17,21,28,30H,13-15,18-20H2,1H3,(H,36,40)(H,41,42). The van der Waals surface area contributed by atoms with Crippen LogP contribution in [0.1, 0.15) is 41.6 Å². The van der Waals surface area contributed by atoms with Gasteiger partial charge in [0.25, 0.3) is 5.91 Å². The van der Waals surface area contributed by atoms with E-state index in [-0.39, 0.29) is 32.4 Å². The van der Waals surface area contributed by atoms with Crippen LogP contribution < -0.4 is 5.32 Å². The lowest BCUT2D eigenvalue weighted by atomic mass is 10.0. The van der Waals surface area contributed by atoms with Crippen LogP contribution >= 0.6 is 11.8 Å². The minimum Gasteiger partial charge on any atom is -0.481 e. The summed E-state index contributed by atoms with van der Waals surface area (Å²) in [5, 5.41) is 22.5. The van der Waals surface area contributed by atoms with Crippen LogP contribution in [0.2, 0.25) is 0 Å². The van der Waals surface area contributed by atoms with Crippen LogP contribution in [-0.2, 0) is 34.0 Å². The van der Waals surface area contributed by atoms with Crippen molar-refractivity contribution in [3.63, 3.8) is 0 Å². The molecule has 1 saturated heterocycles. The molecule has 5 rings (SSSR count). The van der Waals surface area contributed by atoms with E-state index in [4.69, 9.17) is 10.4 Å². The van der Waals surface area contributed by atoms with Gasteiger partial charge in [0.05, 0.1) is 42.0 Å². The summed E-state index contributed by atoms with van der Waals surface area (Å²) in [5.74, 6) is -1.90. The minimum absolute atomic E-state index is 0.0375. The summed E-state index contributed by atoms with van der Waals surface area (Å²) in [6.07, 6.45) is 4.85. The molecule has 45 heavy (non-hydrogen) atoms. The van der Waals surface area contributed by atoms with E-state index < -0.39 is 35.2 Å². The van der Waals surface area contributed by atoms with Gasteiger partial charge < -0.3 is 19.9 Å². The molecule has 4 aromatic rings. The highest BCUT2D eigenvalue weighted by molar-refractivity contribution is 7.99. The van der Waals surface area contributed by atoms with Crippen molar-refractivity contribution in [2.24, 2.45) is 0 Å². The highest BCUT2D eigenvalue weighted by Crippen LogP contribution is 2.28. The molecule has 3 aromatic carbocycles. The SMILES string of the molecule is CSC(CCC(=O)O)NC(=O)CC1C(=O)N(Cc2cncn2Cc2ccc(C#N)cc2)C(=O)N1Cc1cccc2ccccc12. The molecular weight excluding hydrogens is 592 g/mol. The predicted octanol–water partition coefficient (Wildman–Crippen LogP) is 4.35. The second kappa shape index (κ2) is 14.1. The van der Waals surface area contributed by atoms with Gasteiger partial charge in [0.1, 0.15) is 6.04 Å². The van der Waals surface area contributed by atoms with Gasteiger partial charge in [-0.05, 0) is 46.7 Å². The Labute approximate surface area is 264 Å². The molecule has 2 unspecified atom stereocenters. The lowest BCUT2D eigenvalue weighted by molar-refractivity contribution is -0.137. The van der Waals surface area contributed by atoms with Crippen LogP contribution in [-0.4, -0.2) is 65.9 Å². The Morgan fingerprint density at radius 2 is 1.80 bits per heavy atom. The molecule has 2 atom stereocenters. The van der Waals surface area contributed by atoms with Crippen molar-refractivity contribution >= 4 is 46.3 Å². The molecule has 1 fully saturated rings. The smallest absolute Gasteiger partial charge is 0.328 e. The van der Waals surface area contributed by atoms with Gasteiger partial charge in [-0.3, -0.25) is 19.3 Å². The Balaban J connectivity index is 1.39. The molecule has 0 spiro atoms. The van der Waals surface area contributed by atoms with Crippen LogP contribution in [0, 0.1) is 11.3 Å². The molecule has 1 aliphatic rings. The fourth-order valence-corrected chi connectivity index (χ4v) is 6.02. The fourth-order valence-electron chi connectivity index (χ4n) is 5.41. The van der Waals surface area contributed by atoms with E-state index >= 15 is 0 Å². The summed E-state index contributed by atoms with van der Waals surface area (Å²) in [6, 6.07) is 21.2. The Kier molecular flexibility index (Phi) is 9.79. The average molecular weight is 625 g/mol. The molecule has 0 radical (unpaired) electrons. The second-order valence-electron chi connectivity index (χ2n) is 10.7. The number of carbonyl (C=O) groups is 4. The van der Waals surface area contributed by atoms with E-state index in [0.29, 0.717) is 17.8 Å². The summed E-state index contributed by atoms with van der Waals surface area (Å²) in [4.78, 5) is 58.9. The lowest BCUT2D eigenvalue weighted by Gasteiger charge is -2.23. The molecule has 230 valence electrons. The predicted molar refractivity (Wildman–Crippen MR) is 169 cm³/mol. The summed E-state index contributed by atoms with van der Waals surface area (Å²) in [7, 11) is 0. The number of hydrogen-bond donors (Lipinski definition) is 2. The minimum atomic E-state index is -1.05. The molecule has 12 heteroatoms. The van der Waals surface area contributed by atoms with Crippen LogP contribution in [0.25, 0.3) is 10.8 Å². The zero-order valence-electron chi connectivity index (χ0n) is 24.6. The highest BCUT2D eigenvalue weighted by atomic mass is 32.2. The maximum atomic E-state index is 13.9. The van der Waals surface area contributed by atoms with E-state index in [9.17, 15) is 19.2 Å². The van der Waals surface area contributed by atoms with Crippen LogP contribution in [0.5, 0.6) is 0 Å². The highest BCUT2D eigenvalue weighted by Gasteiger charge is 2.46. The number of nitrogens with zero attached hydrogens (tertiary/aromatic N) is 5. The number of aliphatic carboxylic acids is 1. The van der Waals surface area contributed by atoms with Gasteiger partial charge in [-0.25, -0.2) is 9.78 Å². The molecule has 0 bridgehead atoms. The van der Waals surface area contributed by atoms with Crippen LogP contribution in [0.15, 0.2) is 79.3 Å². The van der Waals surface area contributed by atoms with E-state index in [1.165, 1.54) is 16.7 Å². The van der Waals surface area contributed by atoms with Gasteiger partial charge in [0.2, 0.25) is 5.91 Å². The third-order valence-electron chi connectivity index (χ3n) is 7.78. The first-order valence-corrected chi connectivity index (χ1v) is 15.7. The van der Waals surface area contributed by atoms with Gasteiger partial charge in [-0.2, -0.15) is 5.26 Å². The maximum Gasteiger partial charge on any atom is 0.328 e. The van der Waals surface area contributed by atoms with Crippen molar-refractivity contribution in [1.82, 2.24) is 24.7 Å². The number of nitrogens with one attached hydrogen (secondary N) is 1. The van der Waals surface area contributed by atoms with Gasteiger partial charge in [0.15, 0.2) is 0 Å². The summed E-state index contributed by atoms with van der Waals surface area (Å²) >= 11 is 1.32. The molecule has 0 aliphatic carbocycles. The number of carboxylic acids is 1. The number of carbonyl (C=O) groups excluding carboxylic acids is 3. The topological polar surface area (TPSA) is 149 Å². The number of benzene rings is 3. The Bertz CT molecular complexity index is 1760. The van der Waals surface area contributed by atoms with Gasteiger partial charge in [-0.15, -0.1) is 11.8 Å². The van der Waals surface area contributed by atoms with Crippen molar-refractivity contribution in [2.75, 3.05) is 6.26 Å². The quantitative estimate of drug-likeness (QED) is 0.165. The first-order valence-electron chi connectivity index (χ1n) is 14.4. The van der Waals surface area contributed by atoms with E-state index in [0.717, 1.165) is 26.8 Å². The Hall–Kier alpha value is -5.15. The third kappa shape index (κ3) is 7.33. The van der Waals surface area contributed by atoms with Crippen molar-refractivity contribution in [3.8, 4) is 6.07 Å². The number of carboxylic acid groups (broad SMARTS) is 1. The van der Waals surface area contributed by atoms with Crippen LogP contribution in [0.4, 0.5) is 4.79 Å². The van der Waals surface area contributed by atoms with Gasteiger partial charge in [-0.1, -0.05) is 54.6 Å². The zero-order chi connectivity index (χ0) is 31.9. The molecular formula is C33H32N6O5S. The zero-order valence-corrected chi connectivity index (χ0v) is 25.4. The fraction of sp³-hybridized carbons (Fsp3) is 0.273. The molecule has 2 heterocycles. The molecule has 0 saturated carbocycles. The number of hydrogen-bond acceptors (Lipinski definition) is 7. The van der Waals surface area contributed by atoms with Crippen molar-refractivity contribution in [2.45, 2.75) is 50.3 Å². The number of imide groups is 1. The summed E-state index contributed by atoms with van der Waals surface area (Å²) < 4.78 is 1.84. The maximum absolute atomic E-state index is 13.9. The number of rotatable bonds is 13. The molecule has 2 N–H and O–H groups in total. The first kappa shape index (κ1) is 31.3. The molecule has 1 aliphatic heterocycles. The number of aromatic nitrogens is 2. The Morgan fingerprint density at radius 3 is 2.53 bits per heavy atom. The number of fused-ring (bicyclic) bond motifs is 1. The average Bonchev–Trinajstić information content (AvgIpc) is 3.57. The number of urea groups is 1. The Morgan fingerprint density at radius 1 is 1.04 bits per heavy atom. The summed E-state index contributed by atoms with van der Waals surface area (Å²) in [5.41, 5.74) is 2.94. The number of amides is 4. The number of imidazole rings is 1. The largest absolute Gasteiger partial charge is 0.481 e. The van der Waals surface area contributed by atoms with E-state index in [2.05, 4.69) is 16.4 Å². The summed E-state index contributed by atoms with van der Waals surface area (Å²) in [6.45, 7) is 0.509. The number of thioether (sulfide) groups is 1. The van der Waals surface area contributed by atoms with Gasteiger partial charge >= 0.3 is 12.0 Å². The third-order valence-corrected chi connectivity index (χ3v) is 8.71. The first-order chi connectivity index (χ1) is 21.8. The van der Waals surface area contributed by atoms with Crippen LogP contribution in [0.3, 0.4) is 0 Å². The normalized spacial score (nSPS) is 15.3. The molecule has 4 amide bonds. The molecule has 11 nitrogen and oxygen atoms in total. The van der Waals surface area contributed by atoms with Crippen molar-refractivity contribution in [3.05, 3.63) is 102 Å². The van der Waals surface area contributed by atoms with Crippen molar-refractivity contribution < 1.29 is 24.3 Å². The van der Waals surface area contributed by atoms with Gasteiger partial charge in [0, 0.05) is 25.7 Å².